The fraction of sp³-hybridized carbons (Fsp3) is 0.400. The summed E-state index contributed by atoms with van der Waals surface area (Å²) in [4.78, 5) is 44.3. The standard InChI is InChI=1S/C20H23N5O4/c1-12-9-23(14-8-6-5-7-13(14)2)19-21-17-16(24(19)10-12)18(27)25(11-15(26)29-4)20(28)22(17)3/h5-8,12H,9-11H2,1-4H3. The van der Waals surface area contributed by atoms with E-state index in [9.17, 15) is 14.4 Å². The molecule has 29 heavy (non-hydrogen) atoms. The molecule has 0 bridgehead atoms. The molecule has 4 rings (SSSR count). The molecule has 0 radical (unpaired) electrons. The SMILES string of the molecule is COC(=O)Cn1c(=O)c2c(nc3n2CC(C)CN3c2ccccc2C)n(C)c1=O. The van der Waals surface area contributed by atoms with Crippen molar-refractivity contribution >= 4 is 28.8 Å². The van der Waals surface area contributed by atoms with Gasteiger partial charge < -0.3 is 14.2 Å². The van der Waals surface area contributed by atoms with Gasteiger partial charge in [-0.2, -0.15) is 4.98 Å². The van der Waals surface area contributed by atoms with Crippen LogP contribution in [0.25, 0.3) is 11.2 Å². The Morgan fingerprint density at radius 2 is 1.97 bits per heavy atom. The molecule has 0 saturated carbocycles. The third kappa shape index (κ3) is 2.93. The molecule has 3 heterocycles. The molecule has 0 fully saturated rings. The van der Waals surface area contributed by atoms with Crippen LogP contribution in [0.3, 0.4) is 0 Å². The van der Waals surface area contributed by atoms with Gasteiger partial charge in [0, 0.05) is 25.8 Å². The van der Waals surface area contributed by atoms with Gasteiger partial charge in [-0.1, -0.05) is 25.1 Å². The number of esters is 1. The van der Waals surface area contributed by atoms with Gasteiger partial charge in [-0.05, 0) is 24.5 Å². The molecule has 9 nitrogen and oxygen atoms in total. The molecule has 152 valence electrons. The molecule has 0 aliphatic carbocycles. The van der Waals surface area contributed by atoms with Crippen LogP contribution in [0.4, 0.5) is 11.6 Å². The number of rotatable bonds is 3. The Hall–Kier alpha value is -3.36. The number of hydrogen-bond acceptors (Lipinski definition) is 6. The molecule has 0 saturated heterocycles. The van der Waals surface area contributed by atoms with Crippen molar-refractivity contribution in [2.24, 2.45) is 13.0 Å². The topological polar surface area (TPSA) is 91.4 Å². The van der Waals surface area contributed by atoms with Gasteiger partial charge in [0.1, 0.15) is 6.54 Å². The quantitative estimate of drug-likeness (QED) is 0.616. The third-order valence-corrected chi connectivity index (χ3v) is 5.36. The molecule has 0 amide bonds. The summed E-state index contributed by atoms with van der Waals surface area (Å²) in [7, 11) is 2.78. The van der Waals surface area contributed by atoms with Crippen molar-refractivity contribution in [2.75, 3.05) is 18.6 Å². The second-order valence-corrected chi connectivity index (χ2v) is 7.51. The molecule has 3 aromatic rings. The first-order valence-electron chi connectivity index (χ1n) is 9.43. The zero-order valence-corrected chi connectivity index (χ0v) is 16.9. The van der Waals surface area contributed by atoms with Crippen molar-refractivity contribution in [2.45, 2.75) is 26.9 Å². The summed E-state index contributed by atoms with van der Waals surface area (Å²) in [6, 6.07) is 7.99. The molecular weight excluding hydrogens is 374 g/mol. The highest BCUT2D eigenvalue weighted by atomic mass is 16.5. The van der Waals surface area contributed by atoms with Gasteiger partial charge in [0.15, 0.2) is 11.2 Å². The lowest BCUT2D eigenvalue weighted by molar-refractivity contribution is -0.141. The minimum Gasteiger partial charge on any atom is -0.468 e. The van der Waals surface area contributed by atoms with Crippen LogP contribution < -0.4 is 16.1 Å². The number of imidazole rings is 1. The van der Waals surface area contributed by atoms with E-state index in [1.807, 2.05) is 35.8 Å². The number of carbonyl (C=O) groups excluding carboxylic acids is 1. The van der Waals surface area contributed by atoms with Crippen LogP contribution in [0.15, 0.2) is 33.9 Å². The number of anilines is 2. The molecule has 2 aromatic heterocycles. The van der Waals surface area contributed by atoms with Crippen LogP contribution in [0.2, 0.25) is 0 Å². The van der Waals surface area contributed by atoms with Gasteiger partial charge in [-0.3, -0.25) is 14.2 Å². The Morgan fingerprint density at radius 3 is 2.66 bits per heavy atom. The number of para-hydroxylation sites is 1. The molecule has 1 aliphatic heterocycles. The molecule has 1 aromatic carbocycles. The second kappa shape index (κ2) is 6.91. The van der Waals surface area contributed by atoms with Crippen molar-refractivity contribution in [1.29, 1.82) is 0 Å². The van der Waals surface area contributed by atoms with Crippen molar-refractivity contribution in [1.82, 2.24) is 18.7 Å². The predicted molar refractivity (Wildman–Crippen MR) is 109 cm³/mol. The lowest BCUT2D eigenvalue weighted by atomic mass is 10.1. The number of aromatic nitrogens is 4. The summed E-state index contributed by atoms with van der Waals surface area (Å²) in [5, 5.41) is 0. The van der Waals surface area contributed by atoms with E-state index in [0.717, 1.165) is 22.4 Å². The first kappa shape index (κ1) is 19.0. The summed E-state index contributed by atoms with van der Waals surface area (Å²) in [6.07, 6.45) is 0. The molecule has 1 atom stereocenters. The lowest BCUT2D eigenvalue weighted by Crippen LogP contribution is -2.42. The maximum absolute atomic E-state index is 13.2. The van der Waals surface area contributed by atoms with E-state index in [4.69, 9.17) is 0 Å². The number of ether oxygens (including phenoxy) is 1. The lowest BCUT2D eigenvalue weighted by Gasteiger charge is -2.33. The van der Waals surface area contributed by atoms with Gasteiger partial charge in [0.25, 0.3) is 5.56 Å². The fourth-order valence-corrected chi connectivity index (χ4v) is 3.91. The molecule has 0 spiro atoms. The van der Waals surface area contributed by atoms with Crippen LogP contribution in [-0.4, -0.2) is 38.3 Å². The van der Waals surface area contributed by atoms with E-state index in [0.29, 0.717) is 23.7 Å². The van der Waals surface area contributed by atoms with Crippen LogP contribution >= 0.6 is 0 Å². The average molecular weight is 397 g/mol. The first-order chi connectivity index (χ1) is 13.8. The van der Waals surface area contributed by atoms with Crippen molar-refractivity contribution in [3.05, 3.63) is 50.7 Å². The van der Waals surface area contributed by atoms with E-state index in [1.54, 1.807) is 7.05 Å². The number of fused-ring (bicyclic) bond motifs is 3. The van der Waals surface area contributed by atoms with Crippen LogP contribution in [0.1, 0.15) is 12.5 Å². The Balaban J connectivity index is 2.00. The Kier molecular flexibility index (Phi) is 4.52. The highest BCUT2D eigenvalue weighted by Crippen LogP contribution is 2.34. The second-order valence-electron chi connectivity index (χ2n) is 7.51. The van der Waals surface area contributed by atoms with Gasteiger partial charge in [0.05, 0.1) is 7.11 Å². The largest absolute Gasteiger partial charge is 0.468 e. The van der Waals surface area contributed by atoms with Crippen LogP contribution in [0.5, 0.6) is 0 Å². The van der Waals surface area contributed by atoms with Gasteiger partial charge >= 0.3 is 11.7 Å². The number of benzene rings is 1. The molecule has 1 aliphatic rings. The molecule has 0 N–H and O–H groups in total. The van der Waals surface area contributed by atoms with Gasteiger partial charge in [0.2, 0.25) is 5.95 Å². The summed E-state index contributed by atoms with van der Waals surface area (Å²) < 4.78 is 8.71. The highest BCUT2D eigenvalue weighted by Gasteiger charge is 2.30. The molecular formula is C20H23N5O4. The van der Waals surface area contributed by atoms with E-state index in [-0.39, 0.29) is 5.92 Å². The summed E-state index contributed by atoms with van der Waals surface area (Å²) in [5.74, 6) is 0.220. The number of nitrogens with zero attached hydrogens (tertiary/aromatic N) is 5. The number of methoxy groups -OCH3 is 1. The van der Waals surface area contributed by atoms with E-state index >= 15 is 0 Å². The summed E-state index contributed by atoms with van der Waals surface area (Å²) in [6.45, 7) is 5.05. The fourth-order valence-electron chi connectivity index (χ4n) is 3.91. The third-order valence-electron chi connectivity index (χ3n) is 5.36. The predicted octanol–water partition coefficient (Wildman–Crippen LogP) is 1.17. The molecule has 9 heteroatoms. The number of carbonyl (C=O) groups is 1. The maximum atomic E-state index is 13.2. The molecule has 1 unspecified atom stereocenters. The summed E-state index contributed by atoms with van der Waals surface area (Å²) >= 11 is 0. The van der Waals surface area contributed by atoms with E-state index in [2.05, 4.69) is 21.5 Å². The van der Waals surface area contributed by atoms with E-state index in [1.165, 1.54) is 11.7 Å². The Morgan fingerprint density at radius 1 is 1.24 bits per heavy atom. The minimum absolute atomic E-state index is 0.255. The number of hydrogen-bond donors (Lipinski definition) is 0. The van der Waals surface area contributed by atoms with Gasteiger partial charge in [-0.15, -0.1) is 0 Å². The van der Waals surface area contributed by atoms with Gasteiger partial charge in [-0.25, -0.2) is 9.36 Å². The van der Waals surface area contributed by atoms with E-state index < -0.39 is 23.8 Å². The zero-order valence-electron chi connectivity index (χ0n) is 16.9. The smallest absolute Gasteiger partial charge is 0.333 e. The van der Waals surface area contributed by atoms with Crippen molar-refractivity contribution < 1.29 is 9.53 Å². The zero-order chi connectivity index (χ0) is 20.9. The normalized spacial score (nSPS) is 16.1. The minimum atomic E-state index is -0.656. The maximum Gasteiger partial charge on any atom is 0.333 e. The Bertz CT molecular complexity index is 1240. The Labute approximate surface area is 166 Å². The number of aryl methyl sites for hydroxylation is 2. The van der Waals surface area contributed by atoms with Crippen LogP contribution in [-0.2, 0) is 29.7 Å². The average Bonchev–Trinajstić information content (AvgIpc) is 3.08. The van der Waals surface area contributed by atoms with Crippen molar-refractivity contribution in [3.8, 4) is 0 Å². The van der Waals surface area contributed by atoms with Crippen LogP contribution in [0, 0.1) is 12.8 Å². The monoisotopic (exact) mass is 397 g/mol. The van der Waals surface area contributed by atoms with Crippen molar-refractivity contribution in [3.63, 3.8) is 0 Å². The summed E-state index contributed by atoms with van der Waals surface area (Å²) in [5.41, 5.74) is 1.59. The first-order valence-corrected chi connectivity index (χ1v) is 9.43. The highest BCUT2D eigenvalue weighted by molar-refractivity contribution is 5.78.